The highest BCUT2D eigenvalue weighted by atomic mass is 16.6. The zero-order chi connectivity index (χ0) is 14.9. The number of nitrogens with one attached hydrogen (secondary N) is 1. The fourth-order valence-corrected chi connectivity index (χ4v) is 1.54. The van der Waals surface area contributed by atoms with Crippen molar-refractivity contribution in [3.63, 3.8) is 0 Å². The van der Waals surface area contributed by atoms with Gasteiger partial charge in [-0.25, -0.2) is 9.59 Å². The Balaban J connectivity index is 4.39. The number of amides is 1. The van der Waals surface area contributed by atoms with Gasteiger partial charge in [0, 0.05) is 0 Å². The van der Waals surface area contributed by atoms with Crippen molar-refractivity contribution in [3.05, 3.63) is 0 Å². The van der Waals surface area contributed by atoms with E-state index < -0.39 is 23.7 Å². The third kappa shape index (κ3) is 9.33. The molecule has 0 bridgehead atoms. The van der Waals surface area contributed by atoms with Gasteiger partial charge < -0.3 is 14.8 Å². The number of unbranched alkanes of at least 4 members (excludes halogenated alkanes) is 2. The van der Waals surface area contributed by atoms with Gasteiger partial charge in [0.25, 0.3) is 0 Å². The predicted octanol–water partition coefficient (Wildman–Crippen LogP) is 3.02. The van der Waals surface area contributed by atoms with E-state index in [9.17, 15) is 9.59 Å². The first-order valence-electron chi connectivity index (χ1n) is 6.96. The molecule has 0 unspecified atom stereocenters. The van der Waals surface area contributed by atoms with Crippen LogP contribution in [0.25, 0.3) is 0 Å². The normalized spacial score (nSPS) is 12.7. The quantitative estimate of drug-likeness (QED) is 0.572. The Kier molecular flexibility index (Phi) is 8.19. The van der Waals surface area contributed by atoms with Crippen LogP contribution in [0.2, 0.25) is 0 Å². The zero-order valence-corrected chi connectivity index (χ0v) is 12.7. The highest BCUT2D eigenvalue weighted by molar-refractivity contribution is 5.81. The molecule has 0 aliphatic rings. The topological polar surface area (TPSA) is 64.6 Å². The molecule has 5 nitrogen and oxygen atoms in total. The Morgan fingerprint density at radius 1 is 1.16 bits per heavy atom. The van der Waals surface area contributed by atoms with Crippen molar-refractivity contribution in [2.24, 2.45) is 0 Å². The van der Waals surface area contributed by atoms with Crippen LogP contribution >= 0.6 is 0 Å². The van der Waals surface area contributed by atoms with E-state index in [0.717, 1.165) is 19.3 Å². The molecular formula is C14H27NO4. The average molecular weight is 273 g/mol. The number of carbonyl (C=O) groups excluding carboxylic acids is 2. The van der Waals surface area contributed by atoms with Gasteiger partial charge >= 0.3 is 12.1 Å². The SMILES string of the molecule is CCCCC[C@H](NC(=O)OC(C)(C)C)C(=O)OCC. The van der Waals surface area contributed by atoms with Gasteiger partial charge in [0.2, 0.25) is 0 Å². The molecule has 19 heavy (non-hydrogen) atoms. The number of hydrogen-bond donors (Lipinski definition) is 1. The van der Waals surface area contributed by atoms with Crippen molar-refractivity contribution in [2.45, 2.75) is 71.9 Å². The second kappa shape index (κ2) is 8.77. The fraction of sp³-hybridized carbons (Fsp3) is 0.857. The van der Waals surface area contributed by atoms with Crippen LogP contribution in [0.3, 0.4) is 0 Å². The summed E-state index contributed by atoms with van der Waals surface area (Å²) < 4.78 is 10.1. The third-order valence-electron chi connectivity index (χ3n) is 2.36. The second-order valence-electron chi connectivity index (χ2n) is 5.45. The van der Waals surface area contributed by atoms with E-state index in [1.807, 2.05) is 0 Å². The van der Waals surface area contributed by atoms with Crippen molar-refractivity contribution in [1.29, 1.82) is 0 Å². The van der Waals surface area contributed by atoms with E-state index in [-0.39, 0.29) is 0 Å². The van der Waals surface area contributed by atoms with E-state index in [0.29, 0.717) is 13.0 Å². The lowest BCUT2D eigenvalue weighted by Crippen LogP contribution is -2.44. The summed E-state index contributed by atoms with van der Waals surface area (Å²) >= 11 is 0. The van der Waals surface area contributed by atoms with Crippen LogP contribution in [-0.4, -0.2) is 30.3 Å². The highest BCUT2D eigenvalue weighted by Gasteiger charge is 2.24. The lowest BCUT2D eigenvalue weighted by atomic mass is 10.1. The van der Waals surface area contributed by atoms with Gasteiger partial charge in [-0.15, -0.1) is 0 Å². The summed E-state index contributed by atoms with van der Waals surface area (Å²) in [5.74, 6) is -0.399. The molecule has 112 valence electrons. The average Bonchev–Trinajstić information content (AvgIpc) is 2.25. The second-order valence-corrected chi connectivity index (χ2v) is 5.45. The van der Waals surface area contributed by atoms with Crippen LogP contribution in [0.4, 0.5) is 4.79 Å². The minimum atomic E-state index is -0.624. The number of ether oxygens (including phenoxy) is 2. The van der Waals surface area contributed by atoms with Crippen LogP contribution in [0.5, 0.6) is 0 Å². The first kappa shape index (κ1) is 17.7. The molecule has 0 aromatic rings. The fourth-order valence-electron chi connectivity index (χ4n) is 1.54. The van der Waals surface area contributed by atoms with Crippen molar-refractivity contribution >= 4 is 12.1 Å². The van der Waals surface area contributed by atoms with E-state index in [1.165, 1.54) is 0 Å². The van der Waals surface area contributed by atoms with Gasteiger partial charge in [0.1, 0.15) is 11.6 Å². The molecule has 0 aliphatic heterocycles. The Morgan fingerprint density at radius 2 is 1.79 bits per heavy atom. The molecule has 1 amide bonds. The molecule has 0 aromatic carbocycles. The zero-order valence-electron chi connectivity index (χ0n) is 12.7. The Labute approximate surface area is 116 Å². The number of alkyl carbamates (subject to hydrolysis) is 1. The van der Waals surface area contributed by atoms with Crippen molar-refractivity contribution in [2.75, 3.05) is 6.61 Å². The van der Waals surface area contributed by atoms with Crippen LogP contribution in [-0.2, 0) is 14.3 Å². The molecule has 0 heterocycles. The minimum Gasteiger partial charge on any atom is -0.464 e. The molecule has 0 aromatic heterocycles. The van der Waals surface area contributed by atoms with E-state index >= 15 is 0 Å². The summed E-state index contributed by atoms with van der Waals surface area (Å²) in [5, 5.41) is 2.58. The molecule has 0 aliphatic carbocycles. The molecular weight excluding hydrogens is 246 g/mol. The maximum absolute atomic E-state index is 11.7. The van der Waals surface area contributed by atoms with E-state index in [1.54, 1.807) is 27.7 Å². The summed E-state index contributed by atoms with van der Waals surface area (Å²) in [4.78, 5) is 23.4. The van der Waals surface area contributed by atoms with Crippen LogP contribution in [0.1, 0.15) is 60.3 Å². The monoisotopic (exact) mass is 273 g/mol. The summed E-state index contributed by atoms with van der Waals surface area (Å²) in [6, 6.07) is -0.624. The van der Waals surface area contributed by atoms with Crippen LogP contribution in [0.15, 0.2) is 0 Å². The lowest BCUT2D eigenvalue weighted by molar-refractivity contribution is -0.145. The van der Waals surface area contributed by atoms with Gasteiger partial charge in [0.05, 0.1) is 6.61 Å². The van der Waals surface area contributed by atoms with E-state index in [4.69, 9.17) is 9.47 Å². The maximum Gasteiger partial charge on any atom is 0.408 e. The maximum atomic E-state index is 11.7. The molecule has 0 rings (SSSR count). The molecule has 0 saturated heterocycles. The summed E-state index contributed by atoms with van der Waals surface area (Å²) in [5.41, 5.74) is -0.577. The summed E-state index contributed by atoms with van der Waals surface area (Å²) in [6.07, 6.45) is 2.94. The number of carbonyl (C=O) groups is 2. The summed E-state index contributed by atoms with van der Waals surface area (Å²) in [7, 11) is 0. The Hall–Kier alpha value is -1.26. The molecule has 1 N–H and O–H groups in total. The van der Waals surface area contributed by atoms with Gasteiger partial charge in [-0.1, -0.05) is 26.2 Å². The van der Waals surface area contributed by atoms with Crippen LogP contribution < -0.4 is 5.32 Å². The van der Waals surface area contributed by atoms with E-state index in [2.05, 4.69) is 12.2 Å². The number of hydrogen-bond acceptors (Lipinski definition) is 4. The van der Waals surface area contributed by atoms with Gasteiger partial charge in [-0.2, -0.15) is 0 Å². The van der Waals surface area contributed by atoms with Gasteiger partial charge in [0.15, 0.2) is 0 Å². The van der Waals surface area contributed by atoms with Crippen molar-refractivity contribution in [3.8, 4) is 0 Å². The molecule has 5 heteroatoms. The number of rotatable bonds is 7. The van der Waals surface area contributed by atoms with Crippen LogP contribution in [0, 0.1) is 0 Å². The highest BCUT2D eigenvalue weighted by Crippen LogP contribution is 2.09. The Bertz CT molecular complexity index is 284. The molecule has 1 atom stereocenters. The molecule has 0 saturated carbocycles. The summed E-state index contributed by atoms with van der Waals surface area (Å²) in [6.45, 7) is 9.48. The first-order valence-corrected chi connectivity index (χ1v) is 6.96. The van der Waals surface area contributed by atoms with Crippen molar-refractivity contribution < 1.29 is 19.1 Å². The smallest absolute Gasteiger partial charge is 0.408 e. The first-order chi connectivity index (χ1) is 8.80. The Morgan fingerprint density at radius 3 is 2.26 bits per heavy atom. The molecule has 0 fully saturated rings. The van der Waals surface area contributed by atoms with Crippen molar-refractivity contribution in [1.82, 2.24) is 5.32 Å². The lowest BCUT2D eigenvalue weighted by Gasteiger charge is -2.22. The predicted molar refractivity (Wildman–Crippen MR) is 73.9 cm³/mol. The number of esters is 1. The van der Waals surface area contributed by atoms with Gasteiger partial charge in [-0.05, 0) is 34.1 Å². The third-order valence-corrected chi connectivity index (χ3v) is 2.36. The molecule has 0 spiro atoms. The minimum absolute atomic E-state index is 0.305. The standard InChI is InChI=1S/C14H27NO4/c1-6-8-9-10-11(12(16)18-7-2)15-13(17)19-14(3,4)5/h11H,6-10H2,1-5H3,(H,15,17)/t11-/m0/s1. The molecule has 0 radical (unpaired) electrons. The van der Waals surface area contributed by atoms with Gasteiger partial charge in [-0.3, -0.25) is 0 Å². The largest absolute Gasteiger partial charge is 0.464 e.